The van der Waals surface area contributed by atoms with Crippen LogP contribution in [0.4, 0.5) is 0 Å². The fourth-order valence-electron chi connectivity index (χ4n) is 8.02. The second-order valence-corrected chi connectivity index (χ2v) is 12.5. The van der Waals surface area contributed by atoms with Crippen LogP contribution in [-0.2, 0) is 23.9 Å². The van der Waals surface area contributed by atoms with Crippen molar-refractivity contribution >= 4 is 0 Å². The Balaban J connectivity index is 1.44. The molecule has 218 valence electrons. The van der Waals surface area contributed by atoms with E-state index in [-0.39, 0.29) is 11.0 Å². The number of hydrogen-bond acceptors (Lipinski definition) is 0. The molecule has 2 nitrogen and oxygen atoms in total. The summed E-state index contributed by atoms with van der Waals surface area (Å²) in [6.07, 6.45) is 10.2. The molecule has 2 atom stereocenters. The summed E-state index contributed by atoms with van der Waals surface area (Å²) in [6, 6.07) is 38.1. The number of hydrogen-bond donors (Lipinski definition) is 0. The summed E-state index contributed by atoms with van der Waals surface area (Å²) in [5, 5.41) is 0. The Morgan fingerprint density at radius 1 is 0.674 bits per heavy atom. The lowest BCUT2D eigenvalue weighted by Crippen LogP contribution is -2.69. The molecule has 0 fully saturated rings. The first-order chi connectivity index (χ1) is 21.0. The van der Waals surface area contributed by atoms with E-state index in [4.69, 9.17) is 0 Å². The van der Waals surface area contributed by atoms with Crippen molar-refractivity contribution in [2.75, 3.05) is 0 Å². The molecule has 0 bridgehead atoms. The molecule has 0 aliphatic carbocycles. The van der Waals surface area contributed by atoms with Gasteiger partial charge in [0.25, 0.3) is 0 Å². The summed E-state index contributed by atoms with van der Waals surface area (Å²) in [4.78, 5) is 0. The van der Waals surface area contributed by atoms with E-state index in [1.807, 2.05) is 0 Å². The zero-order valence-electron chi connectivity index (χ0n) is 26.6. The lowest BCUT2D eigenvalue weighted by Gasteiger charge is -2.48. The summed E-state index contributed by atoms with van der Waals surface area (Å²) in [5.41, 5.74) is 12.2. The molecule has 3 heterocycles. The SMILES string of the molecule is CCc1cc(-c2ccccc2C)[n+](CCCC2(CC)[n+]3ccccc3-c3ccccc3C2(C)CC)cc1-c1ccccc1. The Morgan fingerprint density at radius 2 is 1.37 bits per heavy atom. The van der Waals surface area contributed by atoms with Crippen molar-refractivity contribution in [2.24, 2.45) is 0 Å². The first kappa shape index (κ1) is 29.1. The molecule has 3 aromatic carbocycles. The molecule has 0 N–H and O–H groups in total. The van der Waals surface area contributed by atoms with E-state index in [0.29, 0.717) is 0 Å². The number of fused-ring (bicyclic) bond motifs is 3. The zero-order chi connectivity index (χ0) is 30.0. The van der Waals surface area contributed by atoms with Gasteiger partial charge < -0.3 is 0 Å². The molecule has 2 heteroatoms. The van der Waals surface area contributed by atoms with Gasteiger partial charge in [-0.3, -0.25) is 0 Å². The van der Waals surface area contributed by atoms with Gasteiger partial charge in [0.05, 0.1) is 11.0 Å². The van der Waals surface area contributed by atoms with Gasteiger partial charge in [0.2, 0.25) is 11.4 Å². The van der Waals surface area contributed by atoms with E-state index in [9.17, 15) is 0 Å². The van der Waals surface area contributed by atoms with Gasteiger partial charge in [0.1, 0.15) is 6.54 Å². The van der Waals surface area contributed by atoms with Crippen LogP contribution in [0.1, 0.15) is 70.1 Å². The van der Waals surface area contributed by atoms with Crippen LogP contribution in [-0.4, -0.2) is 0 Å². The highest BCUT2D eigenvalue weighted by Gasteiger charge is 2.58. The molecule has 43 heavy (non-hydrogen) atoms. The fourth-order valence-corrected chi connectivity index (χ4v) is 8.02. The van der Waals surface area contributed by atoms with Gasteiger partial charge in [-0.15, -0.1) is 0 Å². The Labute approximate surface area is 258 Å². The zero-order valence-corrected chi connectivity index (χ0v) is 26.6. The third-order valence-electron chi connectivity index (χ3n) is 10.6. The standard InChI is InChI=1S/C41H46N2/c1-6-32-29-39(34-22-13-12-19-31(34)4)42(30-36(32)33-20-10-9-11-21-33)27-18-26-41(8-3)40(5,7-2)37-24-15-14-23-35(37)38-25-16-17-28-43(38)41/h9-17,19-25,28-30H,6-8,18,26-27H2,1-5H3/q+2. The molecule has 1 aliphatic rings. The molecule has 0 saturated heterocycles. The van der Waals surface area contributed by atoms with Gasteiger partial charge in [-0.1, -0.05) is 87.5 Å². The molecular formula is C41H46N2+2. The third kappa shape index (κ3) is 4.82. The molecule has 0 saturated carbocycles. The Kier molecular flexibility index (Phi) is 8.05. The summed E-state index contributed by atoms with van der Waals surface area (Å²) in [6.45, 7) is 12.8. The van der Waals surface area contributed by atoms with Gasteiger partial charge in [-0.05, 0) is 67.1 Å². The normalized spacial score (nSPS) is 19.1. The number of aryl methyl sites for hydroxylation is 3. The minimum absolute atomic E-state index is 0.0122. The van der Waals surface area contributed by atoms with E-state index in [1.165, 1.54) is 50.3 Å². The summed E-state index contributed by atoms with van der Waals surface area (Å²) < 4.78 is 5.19. The molecule has 0 radical (unpaired) electrons. The maximum atomic E-state index is 2.64. The molecule has 6 rings (SSSR count). The van der Waals surface area contributed by atoms with Crippen LogP contribution in [0.25, 0.3) is 33.6 Å². The molecule has 2 unspecified atom stereocenters. The second-order valence-electron chi connectivity index (χ2n) is 12.5. The van der Waals surface area contributed by atoms with Crippen LogP contribution in [0.15, 0.2) is 116 Å². The van der Waals surface area contributed by atoms with Crippen molar-refractivity contribution in [1.82, 2.24) is 0 Å². The van der Waals surface area contributed by atoms with Crippen molar-refractivity contribution in [3.63, 3.8) is 0 Å². The number of pyridine rings is 2. The quantitative estimate of drug-likeness (QED) is 0.157. The highest BCUT2D eigenvalue weighted by Crippen LogP contribution is 2.51. The van der Waals surface area contributed by atoms with E-state index in [0.717, 1.165) is 38.6 Å². The summed E-state index contributed by atoms with van der Waals surface area (Å²) in [5.74, 6) is 0. The van der Waals surface area contributed by atoms with Crippen LogP contribution in [0.2, 0.25) is 0 Å². The van der Waals surface area contributed by atoms with Crippen LogP contribution in [0.3, 0.4) is 0 Å². The van der Waals surface area contributed by atoms with Crippen molar-refractivity contribution in [3.05, 3.63) is 132 Å². The minimum atomic E-state index is -0.0122. The van der Waals surface area contributed by atoms with Gasteiger partial charge in [0.15, 0.2) is 17.9 Å². The second kappa shape index (κ2) is 11.9. The lowest BCUT2D eigenvalue weighted by molar-refractivity contribution is -0.771. The molecule has 0 amide bonds. The average molecular weight is 567 g/mol. The van der Waals surface area contributed by atoms with Crippen LogP contribution < -0.4 is 9.13 Å². The van der Waals surface area contributed by atoms with Crippen LogP contribution in [0, 0.1) is 6.92 Å². The van der Waals surface area contributed by atoms with Crippen molar-refractivity contribution in [2.45, 2.75) is 84.2 Å². The van der Waals surface area contributed by atoms with E-state index in [1.54, 1.807) is 0 Å². The van der Waals surface area contributed by atoms with Gasteiger partial charge in [0, 0.05) is 48.6 Å². The van der Waals surface area contributed by atoms with E-state index in [2.05, 4.69) is 159 Å². The van der Waals surface area contributed by atoms with Gasteiger partial charge >= 0.3 is 0 Å². The predicted molar refractivity (Wildman–Crippen MR) is 179 cm³/mol. The van der Waals surface area contributed by atoms with E-state index < -0.39 is 0 Å². The van der Waals surface area contributed by atoms with Crippen molar-refractivity contribution in [1.29, 1.82) is 0 Å². The number of rotatable bonds is 9. The highest BCUT2D eigenvalue weighted by atomic mass is 15.1. The minimum Gasteiger partial charge on any atom is -0.198 e. The topological polar surface area (TPSA) is 7.76 Å². The third-order valence-corrected chi connectivity index (χ3v) is 10.6. The predicted octanol–water partition coefficient (Wildman–Crippen LogP) is 9.40. The monoisotopic (exact) mass is 566 g/mol. The summed E-state index contributed by atoms with van der Waals surface area (Å²) >= 11 is 0. The Morgan fingerprint density at radius 3 is 2.09 bits per heavy atom. The van der Waals surface area contributed by atoms with Gasteiger partial charge in [-0.2, -0.15) is 9.13 Å². The molecular weight excluding hydrogens is 520 g/mol. The molecule has 2 aromatic heterocycles. The lowest BCUT2D eigenvalue weighted by atomic mass is 9.58. The Bertz CT molecular complexity index is 1740. The largest absolute Gasteiger partial charge is 0.213 e. The van der Waals surface area contributed by atoms with Gasteiger partial charge in [-0.25, -0.2) is 0 Å². The maximum Gasteiger partial charge on any atom is 0.213 e. The van der Waals surface area contributed by atoms with E-state index >= 15 is 0 Å². The average Bonchev–Trinajstić information content (AvgIpc) is 3.06. The number of aromatic nitrogens is 2. The first-order valence-corrected chi connectivity index (χ1v) is 16.3. The Hall–Kier alpha value is -4.04. The maximum absolute atomic E-state index is 2.64. The van der Waals surface area contributed by atoms with Crippen molar-refractivity contribution in [3.8, 4) is 33.6 Å². The summed E-state index contributed by atoms with van der Waals surface area (Å²) in [7, 11) is 0. The highest BCUT2D eigenvalue weighted by molar-refractivity contribution is 5.70. The van der Waals surface area contributed by atoms with Crippen LogP contribution in [0.5, 0.6) is 0 Å². The fraction of sp³-hybridized carbons (Fsp3) is 0.317. The van der Waals surface area contributed by atoms with Crippen LogP contribution >= 0.6 is 0 Å². The van der Waals surface area contributed by atoms with Crippen molar-refractivity contribution < 1.29 is 9.13 Å². The number of nitrogens with zero attached hydrogens (tertiary/aromatic N) is 2. The molecule has 1 aliphatic heterocycles. The molecule has 5 aromatic rings. The first-order valence-electron chi connectivity index (χ1n) is 16.3. The number of benzene rings is 3. The smallest absolute Gasteiger partial charge is 0.198 e. The molecule has 0 spiro atoms.